The summed E-state index contributed by atoms with van der Waals surface area (Å²) < 4.78 is 4.63. The van der Waals surface area contributed by atoms with Crippen LogP contribution in [0.1, 0.15) is 25.0 Å². The second-order valence-electron chi connectivity index (χ2n) is 19.4. The Labute approximate surface area is 412 Å². The van der Waals surface area contributed by atoms with Crippen LogP contribution in [0.5, 0.6) is 0 Å². The lowest BCUT2D eigenvalue weighted by Crippen LogP contribution is -2.74. The second kappa shape index (κ2) is 15.7. The molecule has 0 spiro atoms. The number of aromatic nitrogens is 6. The van der Waals surface area contributed by atoms with Crippen LogP contribution in [-0.4, -0.2) is 44.9 Å². The molecule has 71 heavy (non-hydrogen) atoms. The van der Waals surface area contributed by atoms with Crippen molar-refractivity contribution >= 4 is 113 Å². The van der Waals surface area contributed by atoms with Gasteiger partial charge in [-0.2, -0.15) is 0 Å². The average Bonchev–Trinajstić information content (AvgIpc) is 4.21. The summed E-state index contributed by atoms with van der Waals surface area (Å²) in [6.45, 7) is 4.59. The van der Waals surface area contributed by atoms with Gasteiger partial charge in [-0.05, 0) is 76.9 Å². The minimum Gasteiger partial charge on any atom is -0.299 e. The minimum atomic E-state index is -2.86. The molecule has 0 N–H and O–H groups in total. The summed E-state index contributed by atoms with van der Waals surface area (Å²) >= 11 is 0. The van der Waals surface area contributed by atoms with E-state index in [0.717, 1.165) is 66.0 Å². The first-order chi connectivity index (χ1) is 35.0. The van der Waals surface area contributed by atoms with E-state index in [1.807, 2.05) is 12.4 Å². The summed E-state index contributed by atoms with van der Waals surface area (Å²) in [6.07, 6.45) is 12.9. The summed E-state index contributed by atoms with van der Waals surface area (Å²) in [7, 11) is -5.73. The second-order valence-corrected chi connectivity index (χ2v) is 27.0. The maximum absolute atomic E-state index is 5.36. The Balaban J connectivity index is 0.921. The summed E-state index contributed by atoms with van der Waals surface area (Å²) in [5.74, 6) is 0. The third-order valence-corrected chi connectivity index (χ3v) is 25.2. The number of fused-ring (bicyclic) bond motifs is 6. The standard InChI is InChI=1S/C63H46N6Si2/c1-63(2,43-37-53-51-33-35-64-57-55(41-68(59(51)57)61(53)66-39-43)70(45-21-9-3-10-22-45,46-23-11-4-12-24-46)47-25-13-5-14-26-47)44-38-54-52-34-36-65-58-56(42-69(60(52)58)62(54)67-40-44)71(48-27-15-6-16-28-48,49-29-17-7-18-30-49)50-31-19-8-20-32-50/h3-42H,1-2H3. The molecule has 0 bridgehead atoms. The molecule has 0 radical (unpaired) electrons. The van der Waals surface area contributed by atoms with Crippen molar-refractivity contribution in [2.75, 3.05) is 0 Å². The van der Waals surface area contributed by atoms with E-state index < -0.39 is 21.6 Å². The maximum Gasteiger partial charge on any atom is 0.183 e. The molecule has 14 rings (SSSR count). The van der Waals surface area contributed by atoms with Gasteiger partial charge in [0.25, 0.3) is 0 Å². The first-order valence-corrected chi connectivity index (χ1v) is 28.4. The van der Waals surface area contributed by atoms with E-state index >= 15 is 0 Å². The van der Waals surface area contributed by atoms with Gasteiger partial charge in [0.2, 0.25) is 0 Å². The zero-order valence-electron chi connectivity index (χ0n) is 39.3. The van der Waals surface area contributed by atoms with Crippen LogP contribution < -0.4 is 41.5 Å². The first-order valence-electron chi connectivity index (χ1n) is 24.4. The van der Waals surface area contributed by atoms with Crippen LogP contribution in [0.25, 0.3) is 54.9 Å². The Morgan fingerprint density at radius 1 is 0.352 bits per heavy atom. The molecule has 0 unspecified atom stereocenters. The van der Waals surface area contributed by atoms with Crippen LogP contribution in [0.3, 0.4) is 0 Å². The highest BCUT2D eigenvalue weighted by Crippen LogP contribution is 2.39. The van der Waals surface area contributed by atoms with Gasteiger partial charge in [0, 0.05) is 64.1 Å². The highest BCUT2D eigenvalue weighted by Gasteiger charge is 2.46. The molecular weight excluding hydrogens is 897 g/mol. The molecule has 0 fully saturated rings. The third-order valence-electron chi connectivity index (χ3n) is 15.6. The lowest BCUT2D eigenvalue weighted by atomic mass is 9.79. The summed E-state index contributed by atoms with van der Waals surface area (Å²) in [6, 6.07) is 75.5. The molecule has 6 aromatic carbocycles. The number of benzene rings is 6. The third kappa shape index (κ3) is 5.80. The van der Waals surface area contributed by atoms with E-state index in [0.29, 0.717) is 0 Å². The number of rotatable bonds is 10. The molecule has 14 aromatic rings. The zero-order chi connectivity index (χ0) is 47.3. The Morgan fingerprint density at radius 2 is 0.648 bits per heavy atom. The van der Waals surface area contributed by atoms with Crippen molar-refractivity contribution in [3.05, 3.63) is 255 Å². The van der Waals surface area contributed by atoms with Gasteiger partial charge in [0.1, 0.15) is 11.3 Å². The monoisotopic (exact) mass is 942 g/mol. The summed E-state index contributed by atoms with van der Waals surface area (Å²) in [5.41, 5.74) is 7.96. The Morgan fingerprint density at radius 3 is 0.944 bits per heavy atom. The molecule has 0 saturated heterocycles. The largest absolute Gasteiger partial charge is 0.299 e. The fourth-order valence-electron chi connectivity index (χ4n) is 12.2. The van der Waals surface area contributed by atoms with Crippen LogP contribution in [0.15, 0.2) is 243 Å². The van der Waals surface area contributed by atoms with Crippen LogP contribution in [-0.2, 0) is 5.41 Å². The van der Waals surface area contributed by atoms with Gasteiger partial charge in [-0.25, -0.2) is 9.97 Å². The molecule has 0 aliphatic heterocycles. The molecular formula is C63H46N6Si2. The van der Waals surface area contributed by atoms with Gasteiger partial charge >= 0.3 is 0 Å². The van der Waals surface area contributed by atoms with Crippen LogP contribution in [0.2, 0.25) is 0 Å². The summed E-state index contributed by atoms with van der Waals surface area (Å²) in [5, 5.41) is 15.0. The quantitative estimate of drug-likeness (QED) is 0.102. The molecule has 8 aromatic heterocycles. The Kier molecular flexibility index (Phi) is 9.17. The van der Waals surface area contributed by atoms with E-state index in [4.69, 9.17) is 19.9 Å². The predicted octanol–water partition coefficient (Wildman–Crippen LogP) is 8.34. The molecule has 6 nitrogen and oxygen atoms in total. The Hall–Kier alpha value is -8.57. The van der Waals surface area contributed by atoms with Crippen LogP contribution in [0, 0.1) is 0 Å². The van der Waals surface area contributed by atoms with Gasteiger partial charge in [-0.3, -0.25) is 18.8 Å². The highest BCUT2D eigenvalue weighted by atomic mass is 28.3. The number of hydrogen-bond donors (Lipinski definition) is 0. The molecule has 0 saturated carbocycles. The van der Waals surface area contributed by atoms with Gasteiger partial charge in [-0.15, -0.1) is 0 Å². The van der Waals surface area contributed by atoms with E-state index in [9.17, 15) is 0 Å². The van der Waals surface area contributed by atoms with E-state index in [1.54, 1.807) is 0 Å². The maximum atomic E-state index is 5.36. The SMILES string of the molecule is CC(C)(c1cnc2c(c1)c1ccnc3c([Si](c4ccccc4)(c4ccccc4)c4ccccc4)cn2c31)c1cnc2c(c1)c1ccnc3c([Si](c4ccccc4)(c4ccccc4)c4ccccc4)cn2c31. The van der Waals surface area contributed by atoms with Gasteiger partial charge in [0.05, 0.1) is 22.1 Å². The topological polar surface area (TPSA) is 60.4 Å². The normalized spacial score (nSPS) is 12.6. The molecule has 0 amide bonds. The van der Waals surface area contributed by atoms with Gasteiger partial charge in [-0.1, -0.05) is 196 Å². The van der Waals surface area contributed by atoms with Crippen molar-refractivity contribution in [3.63, 3.8) is 0 Å². The number of pyridine rings is 4. The molecule has 0 atom stereocenters. The highest BCUT2D eigenvalue weighted by molar-refractivity contribution is 7.21. The predicted molar refractivity (Wildman–Crippen MR) is 298 cm³/mol. The van der Waals surface area contributed by atoms with E-state index in [-0.39, 0.29) is 0 Å². The minimum absolute atomic E-state index is 0.431. The van der Waals surface area contributed by atoms with Crippen molar-refractivity contribution in [1.82, 2.24) is 28.7 Å². The Bertz CT molecular complexity index is 3770. The van der Waals surface area contributed by atoms with E-state index in [1.165, 1.54) is 41.5 Å². The fourth-order valence-corrected chi connectivity index (χ4v) is 22.0. The fraction of sp³-hybridized carbons (Fsp3) is 0.0476. The average molecular weight is 943 g/mol. The van der Waals surface area contributed by atoms with Crippen molar-refractivity contribution in [1.29, 1.82) is 0 Å². The van der Waals surface area contributed by atoms with Gasteiger partial charge < -0.3 is 0 Å². The molecule has 336 valence electrons. The lowest BCUT2D eigenvalue weighted by Gasteiger charge is -2.33. The van der Waals surface area contributed by atoms with Crippen LogP contribution >= 0.6 is 0 Å². The van der Waals surface area contributed by atoms with Crippen LogP contribution in [0.4, 0.5) is 0 Å². The number of nitrogens with zero attached hydrogens (tertiary/aromatic N) is 6. The molecule has 8 heterocycles. The van der Waals surface area contributed by atoms with Gasteiger partial charge in [0.15, 0.2) is 16.1 Å². The smallest absolute Gasteiger partial charge is 0.183 e. The molecule has 0 aliphatic rings. The molecule has 0 aliphatic carbocycles. The zero-order valence-corrected chi connectivity index (χ0v) is 41.3. The summed E-state index contributed by atoms with van der Waals surface area (Å²) in [4.78, 5) is 21.2. The van der Waals surface area contributed by atoms with Crippen molar-refractivity contribution < 1.29 is 0 Å². The van der Waals surface area contributed by atoms with Crippen molar-refractivity contribution in [2.45, 2.75) is 19.3 Å². The molecule has 8 heteroatoms. The van der Waals surface area contributed by atoms with E-state index in [2.05, 4.69) is 254 Å². The number of hydrogen-bond acceptors (Lipinski definition) is 4. The lowest BCUT2D eigenvalue weighted by molar-refractivity contribution is 0.637. The first kappa shape index (κ1) is 41.4. The van der Waals surface area contributed by atoms with Crippen molar-refractivity contribution in [2.24, 2.45) is 0 Å². The van der Waals surface area contributed by atoms with Crippen molar-refractivity contribution in [3.8, 4) is 0 Å².